The maximum absolute atomic E-state index is 11.9. The van der Waals surface area contributed by atoms with E-state index in [1.54, 1.807) is 37.3 Å². The summed E-state index contributed by atoms with van der Waals surface area (Å²) in [6.45, 7) is 1.65. The Bertz CT molecular complexity index is 576. The number of anilines is 1. The molecule has 0 unspecified atom stereocenters. The number of nitrogens with zero attached hydrogens (tertiary/aromatic N) is 2. The van der Waals surface area contributed by atoms with Crippen molar-refractivity contribution in [3.8, 4) is 0 Å². The number of hydrogen-bond donors (Lipinski definition) is 3. The highest BCUT2D eigenvalue weighted by atomic mass is 16.4. The third-order valence-electron chi connectivity index (χ3n) is 2.46. The van der Waals surface area contributed by atoms with Crippen molar-refractivity contribution < 1.29 is 10.0 Å². The predicted molar refractivity (Wildman–Crippen MR) is 67.0 cm³/mol. The van der Waals surface area contributed by atoms with Gasteiger partial charge in [-0.05, 0) is 19.1 Å². The molecule has 92 valence electrons. The molecule has 18 heavy (non-hydrogen) atoms. The average molecular weight is 244 g/mol. The Balaban J connectivity index is 2.27. The molecule has 2 aromatic rings. The minimum Gasteiger partial charge on any atom is -0.411 e. The quantitative estimate of drug-likeness (QED) is 0.437. The average Bonchev–Trinajstić information content (AvgIpc) is 2.92. The second-order valence-electron chi connectivity index (χ2n) is 3.66. The summed E-state index contributed by atoms with van der Waals surface area (Å²) in [6, 6.07) is 8.66. The maximum atomic E-state index is 11.9. The van der Waals surface area contributed by atoms with Gasteiger partial charge in [-0.25, -0.2) is 0 Å². The number of aromatic amines is 1. The number of nitrogens with one attached hydrogen (secondary N) is 2. The molecular formula is C12H12N4O2. The number of H-pyrrole nitrogens is 1. The molecule has 0 fully saturated rings. The fourth-order valence-corrected chi connectivity index (χ4v) is 1.53. The number of para-hydroxylation sites is 1. The summed E-state index contributed by atoms with van der Waals surface area (Å²) >= 11 is 0. The van der Waals surface area contributed by atoms with E-state index >= 15 is 0 Å². The van der Waals surface area contributed by atoms with Crippen molar-refractivity contribution in [2.45, 2.75) is 6.92 Å². The van der Waals surface area contributed by atoms with Crippen LogP contribution in [0.15, 0.2) is 41.7 Å². The number of rotatable bonds is 3. The summed E-state index contributed by atoms with van der Waals surface area (Å²) in [5.74, 6) is -0.300. The number of oxime groups is 1. The summed E-state index contributed by atoms with van der Waals surface area (Å²) < 4.78 is 0. The van der Waals surface area contributed by atoms with Crippen LogP contribution in [-0.4, -0.2) is 27.0 Å². The molecule has 0 saturated carbocycles. The summed E-state index contributed by atoms with van der Waals surface area (Å²) in [7, 11) is 0. The molecule has 3 N–H and O–H groups in total. The second-order valence-corrected chi connectivity index (χ2v) is 3.66. The van der Waals surface area contributed by atoms with Gasteiger partial charge in [0.1, 0.15) is 5.69 Å². The molecule has 0 bridgehead atoms. The molecule has 0 spiro atoms. The molecular weight excluding hydrogens is 232 g/mol. The van der Waals surface area contributed by atoms with Crippen LogP contribution in [-0.2, 0) is 0 Å². The Morgan fingerprint density at radius 1 is 1.39 bits per heavy atom. The van der Waals surface area contributed by atoms with Crippen molar-refractivity contribution in [2.24, 2.45) is 5.16 Å². The zero-order chi connectivity index (χ0) is 13.0. The van der Waals surface area contributed by atoms with E-state index in [0.29, 0.717) is 22.7 Å². The van der Waals surface area contributed by atoms with Gasteiger partial charge in [0.05, 0.1) is 11.4 Å². The Labute approximate surface area is 103 Å². The lowest BCUT2D eigenvalue weighted by Crippen LogP contribution is -2.14. The van der Waals surface area contributed by atoms with Crippen LogP contribution in [0.1, 0.15) is 23.0 Å². The molecule has 0 aliphatic carbocycles. The number of carbonyl (C=O) groups is 1. The van der Waals surface area contributed by atoms with E-state index in [1.807, 2.05) is 0 Å². The summed E-state index contributed by atoms with van der Waals surface area (Å²) in [6.07, 6.45) is 1.50. The number of benzene rings is 1. The van der Waals surface area contributed by atoms with Crippen molar-refractivity contribution in [1.82, 2.24) is 10.2 Å². The van der Waals surface area contributed by atoms with Crippen LogP contribution in [0.2, 0.25) is 0 Å². The minimum atomic E-state index is -0.300. The summed E-state index contributed by atoms with van der Waals surface area (Å²) in [5.41, 5.74) is 2.03. The maximum Gasteiger partial charge on any atom is 0.273 e. The van der Waals surface area contributed by atoms with Crippen LogP contribution in [0.3, 0.4) is 0 Å². The molecule has 0 aliphatic heterocycles. The lowest BCUT2D eigenvalue weighted by molar-refractivity contribution is 0.102. The number of aromatic nitrogens is 2. The van der Waals surface area contributed by atoms with E-state index < -0.39 is 0 Å². The Hall–Kier alpha value is -2.63. The molecule has 1 aromatic heterocycles. The Kier molecular flexibility index (Phi) is 3.38. The Morgan fingerprint density at radius 2 is 2.17 bits per heavy atom. The molecule has 0 saturated heterocycles. The molecule has 1 heterocycles. The highest BCUT2D eigenvalue weighted by molar-refractivity contribution is 6.09. The van der Waals surface area contributed by atoms with Gasteiger partial charge in [-0.1, -0.05) is 23.4 Å². The predicted octanol–water partition coefficient (Wildman–Crippen LogP) is 1.86. The smallest absolute Gasteiger partial charge is 0.273 e. The summed E-state index contributed by atoms with van der Waals surface area (Å²) in [5, 5.41) is 20.9. The zero-order valence-electron chi connectivity index (χ0n) is 9.71. The fourth-order valence-electron chi connectivity index (χ4n) is 1.53. The molecule has 0 aliphatic rings. The Morgan fingerprint density at radius 3 is 2.83 bits per heavy atom. The normalized spacial score (nSPS) is 11.3. The largest absolute Gasteiger partial charge is 0.411 e. The number of carbonyl (C=O) groups excluding carboxylic acids is 1. The van der Waals surface area contributed by atoms with Crippen LogP contribution >= 0.6 is 0 Å². The van der Waals surface area contributed by atoms with E-state index in [4.69, 9.17) is 5.21 Å². The van der Waals surface area contributed by atoms with Crippen LogP contribution in [0, 0.1) is 0 Å². The van der Waals surface area contributed by atoms with Gasteiger partial charge in [-0.3, -0.25) is 9.89 Å². The topological polar surface area (TPSA) is 90.4 Å². The highest BCUT2D eigenvalue weighted by Crippen LogP contribution is 2.16. The molecule has 6 nitrogen and oxygen atoms in total. The molecule has 0 atom stereocenters. The first-order valence-corrected chi connectivity index (χ1v) is 5.31. The van der Waals surface area contributed by atoms with Gasteiger partial charge in [-0.2, -0.15) is 5.10 Å². The van der Waals surface area contributed by atoms with Gasteiger partial charge in [0.15, 0.2) is 0 Å². The summed E-state index contributed by atoms with van der Waals surface area (Å²) in [4.78, 5) is 11.9. The minimum absolute atomic E-state index is 0.300. The third kappa shape index (κ3) is 2.37. The molecule has 0 radical (unpaired) electrons. The standard InChI is InChI=1S/C12H12N4O2/c1-8(16-18)9-4-2-3-5-10(9)14-12(17)11-6-7-13-15-11/h2-7,18H,1H3,(H,13,15)(H,14,17). The van der Waals surface area contributed by atoms with Crippen molar-refractivity contribution in [3.05, 3.63) is 47.8 Å². The van der Waals surface area contributed by atoms with Crippen molar-refractivity contribution in [2.75, 3.05) is 5.32 Å². The van der Waals surface area contributed by atoms with E-state index in [1.165, 1.54) is 6.20 Å². The van der Waals surface area contributed by atoms with E-state index in [-0.39, 0.29) is 5.91 Å². The number of amides is 1. The van der Waals surface area contributed by atoms with Crippen molar-refractivity contribution in [1.29, 1.82) is 0 Å². The van der Waals surface area contributed by atoms with Crippen molar-refractivity contribution >= 4 is 17.3 Å². The van der Waals surface area contributed by atoms with Crippen molar-refractivity contribution in [3.63, 3.8) is 0 Å². The first kappa shape index (κ1) is 11.8. The van der Waals surface area contributed by atoms with Gasteiger partial charge < -0.3 is 10.5 Å². The van der Waals surface area contributed by atoms with Crippen LogP contribution in [0.5, 0.6) is 0 Å². The third-order valence-corrected chi connectivity index (χ3v) is 2.46. The van der Waals surface area contributed by atoms with Gasteiger partial charge in [0, 0.05) is 11.8 Å². The number of hydrogen-bond acceptors (Lipinski definition) is 4. The van der Waals surface area contributed by atoms with Gasteiger partial charge >= 0.3 is 0 Å². The van der Waals surface area contributed by atoms with E-state index in [0.717, 1.165) is 0 Å². The molecule has 1 aromatic carbocycles. The molecule has 6 heteroatoms. The molecule has 2 rings (SSSR count). The first-order chi connectivity index (χ1) is 8.72. The highest BCUT2D eigenvalue weighted by Gasteiger charge is 2.11. The second kappa shape index (κ2) is 5.13. The van der Waals surface area contributed by atoms with Crippen LogP contribution in [0.4, 0.5) is 5.69 Å². The van der Waals surface area contributed by atoms with Crippen LogP contribution in [0.25, 0.3) is 0 Å². The van der Waals surface area contributed by atoms with E-state index in [2.05, 4.69) is 20.7 Å². The van der Waals surface area contributed by atoms with Gasteiger partial charge in [0.25, 0.3) is 5.91 Å². The lowest BCUT2D eigenvalue weighted by atomic mass is 10.1. The lowest BCUT2D eigenvalue weighted by Gasteiger charge is -2.09. The molecule has 1 amide bonds. The monoisotopic (exact) mass is 244 g/mol. The fraction of sp³-hybridized carbons (Fsp3) is 0.0833. The van der Waals surface area contributed by atoms with Gasteiger partial charge in [-0.15, -0.1) is 0 Å². The zero-order valence-corrected chi connectivity index (χ0v) is 9.71. The first-order valence-electron chi connectivity index (χ1n) is 5.31. The van der Waals surface area contributed by atoms with E-state index in [9.17, 15) is 4.79 Å². The SMILES string of the molecule is CC(=NO)c1ccccc1NC(=O)c1ccn[nH]1. The van der Waals surface area contributed by atoms with Crippen LogP contribution < -0.4 is 5.32 Å². The van der Waals surface area contributed by atoms with Gasteiger partial charge in [0.2, 0.25) is 0 Å².